The average molecular weight is 462 g/mol. The molecule has 11 heteroatoms. The molecule has 0 spiro atoms. The number of carbonyl (C=O) groups excluding carboxylic acids is 1. The van der Waals surface area contributed by atoms with E-state index in [1.165, 1.54) is 29.3 Å². The van der Waals surface area contributed by atoms with Crippen molar-refractivity contribution in [3.8, 4) is 0 Å². The van der Waals surface area contributed by atoms with Crippen LogP contribution in [0, 0.1) is 5.92 Å². The Balaban J connectivity index is 1.93. The molecular weight excluding hydrogens is 438 g/mol. The summed E-state index contributed by atoms with van der Waals surface area (Å²) < 4.78 is 81.0. The molecule has 2 heterocycles. The van der Waals surface area contributed by atoms with Crippen molar-refractivity contribution in [1.82, 2.24) is 15.2 Å². The molecule has 1 aliphatic rings. The number of pyridine rings is 1. The van der Waals surface area contributed by atoms with Crippen molar-refractivity contribution in [2.24, 2.45) is 5.92 Å². The molecule has 2 aromatic rings. The number of halogens is 6. The van der Waals surface area contributed by atoms with Gasteiger partial charge in [0.2, 0.25) is 5.91 Å². The molecule has 32 heavy (non-hydrogen) atoms. The van der Waals surface area contributed by atoms with E-state index < -0.39 is 36.4 Å². The zero-order valence-electron chi connectivity index (χ0n) is 17.6. The van der Waals surface area contributed by atoms with E-state index >= 15 is 0 Å². The molecule has 0 bridgehead atoms. The predicted octanol–water partition coefficient (Wildman–Crippen LogP) is 4.08. The molecule has 3 rings (SSSR count). The number of carbonyl (C=O) groups is 1. The fraction of sp³-hybridized carbons (Fsp3) is 0.524. The summed E-state index contributed by atoms with van der Waals surface area (Å²) in [5.41, 5.74) is -1.05. The molecule has 0 aliphatic carbocycles. The maximum atomic E-state index is 13.6. The Labute approximate surface area is 181 Å². The Bertz CT molecular complexity index is 959. The summed E-state index contributed by atoms with van der Waals surface area (Å²) in [4.78, 5) is 19.2. The van der Waals surface area contributed by atoms with Gasteiger partial charge in [-0.1, -0.05) is 0 Å². The SMILES string of the molecule is CN(C)CCC(=O)N[C@@H]1C[C@H](C(F)(F)F)CN(c2ccc(C(F)(F)F)c3ncccc23)C1. The standard InChI is InChI=1S/C21H24F6N4O/c1-30(2)9-7-18(32)29-14-10-13(20(22,23)24)11-31(12-14)17-6-5-16(21(25,26)27)19-15(17)4-3-8-28-19/h3-6,8,13-14H,7,9-12H2,1-2H3,(H,29,32)/t13-,14+/m0/s1. The van der Waals surface area contributed by atoms with Crippen LogP contribution in [0.3, 0.4) is 0 Å². The van der Waals surface area contributed by atoms with Gasteiger partial charge < -0.3 is 15.1 Å². The molecule has 1 saturated heterocycles. The minimum absolute atomic E-state index is 0.0512. The van der Waals surface area contributed by atoms with Gasteiger partial charge in [0.1, 0.15) is 0 Å². The van der Waals surface area contributed by atoms with E-state index in [-0.39, 0.29) is 41.9 Å². The smallest absolute Gasteiger partial charge is 0.368 e. The van der Waals surface area contributed by atoms with Crippen LogP contribution >= 0.6 is 0 Å². The number of hydrogen-bond acceptors (Lipinski definition) is 4. The second-order valence-electron chi connectivity index (χ2n) is 8.23. The van der Waals surface area contributed by atoms with Gasteiger partial charge >= 0.3 is 12.4 Å². The zero-order chi connectivity index (χ0) is 23.7. The summed E-state index contributed by atoms with van der Waals surface area (Å²) in [6.45, 7) is 0.0821. The maximum absolute atomic E-state index is 13.6. The number of rotatable bonds is 5. The fourth-order valence-electron chi connectivity index (χ4n) is 3.92. The maximum Gasteiger partial charge on any atom is 0.418 e. The van der Waals surface area contributed by atoms with E-state index in [1.54, 1.807) is 19.0 Å². The molecule has 1 amide bonds. The molecule has 0 unspecified atom stereocenters. The van der Waals surface area contributed by atoms with Gasteiger partial charge in [0.25, 0.3) is 0 Å². The van der Waals surface area contributed by atoms with Gasteiger partial charge in [-0.05, 0) is 44.8 Å². The Morgan fingerprint density at radius 3 is 2.50 bits per heavy atom. The number of amides is 1. The van der Waals surface area contributed by atoms with Crippen molar-refractivity contribution in [3.05, 3.63) is 36.0 Å². The first-order valence-corrected chi connectivity index (χ1v) is 10.1. The van der Waals surface area contributed by atoms with Crippen LogP contribution in [0.25, 0.3) is 10.9 Å². The van der Waals surface area contributed by atoms with Crippen molar-refractivity contribution in [1.29, 1.82) is 0 Å². The lowest BCUT2D eigenvalue weighted by Gasteiger charge is -2.40. The Morgan fingerprint density at radius 2 is 1.88 bits per heavy atom. The third-order valence-corrected chi connectivity index (χ3v) is 5.46. The zero-order valence-corrected chi connectivity index (χ0v) is 17.6. The van der Waals surface area contributed by atoms with Crippen LogP contribution in [0.4, 0.5) is 32.0 Å². The highest BCUT2D eigenvalue weighted by Gasteiger charge is 2.45. The number of anilines is 1. The highest BCUT2D eigenvalue weighted by atomic mass is 19.4. The summed E-state index contributed by atoms with van der Waals surface area (Å²) >= 11 is 0. The van der Waals surface area contributed by atoms with Gasteiger partial charge in [-0.15, -0.1) is 0 Å². The van der Waals surface area contributed by atoms with Gasteiger partial charge in [0.05, 0.1) is 17.0 Å². The number of hydrogen-bond donors (Lipinski definition) is 1. The highest BCUT2D eigenvalue weighted by Crippen LogP contribution is 2.40. The number of aromatic nitrogens is 1. The van der Waals surface area contributed by atoms with Crippen molar-refractivity contribution >= 4 is 22.5 Å². The second-order valence-corrected chi connectivity index (χ2v) is 8.23. The lowest BCUT2D eigenvalue weighted by molar-refractivity contribution is -0.178. The second kappa shape index (κ2) is 9.13. The van der Waals surface area contributed by atoms with E-state index in [1.807, 2.05) is 0 Å². The molecule has 1 aromatic heterocycles. The lowest BCUT2D eigenvalue weighted by atomic mass is 9.92. The minimum Gasteiger partial charge on any atom is -0.368 e. The van der Waals surface area contributed by atoms with E-state index in [9.17, 15) is 31.1 Å². The van der Waals surface area contributed by atoms with Crippen molar-refractivity contribution in [2.45, 2.75) is 31.2 Å². The summed E-state index contributed by atoms with van der Waals surface area (Å²) in [6, 6.07) is 4.08. The molecule has 5 nitrogen and oxygen atoms in total. The van der Waals surface area contributed by atoms with E-state index in [0.717, 1.165) is 6.07 Å². The molecule has 1 aliphatic heterocycles. The summed E-state index contributed by atoms with van der Waals surface area (Å²) in [6.07, 6.45) is -8.10. The number of nitrogens with one attached hydrogen (secondary N) is 1. The quantitative estimate of drug-likeness (QED) is 0.681. The molecule has 1 fully saturated rings. The van der Waals surface area contributed by atoms with Gasteiger partial charge in [0.15, 0.2) is 0 Å². The van der Waals surface area contributed by atoms with Crippen LogP contribution in [0.15, 0.2) is 30.5 Å². The summed E-state index contributed by atoms with van der Waals surface area (Å²) in [5, 5.41) is 2.77. The van der Waals surface area contributed by atoms with Crippen molar-refractivity contribution in [3.63, 3.8) is 0 Å². The Morgan fingerprint density at radius 1 is 1.16 bits per heavy atom. The monoisotopic (exact) mass is 462 g/mol. The molecule has 176 valence electrons. The van der Waals surface area contributed by atoms with Crippen LogP contribution in [0.2, 0.25) is 0 Å². The predicted molar refractivity (Wildman–Crippen MR) is 108 cm³/mol. The third kappa shape index (κ3) is 5.62. The largest absolute Gasteiger partial charge is 0.418 e. The summed E-state index contributed by atoms with van der Waals surface area (Å²) in [5.74, 6) is -2.10. The summed E-state index contributed by atoms with van der Waals surface area (Å²) in [7, 11) is 3.55. The van der Waals surface area contributed by atoms with Crippen LogP contribution in [0.5, 0.6) is 0 Å². The van der Waals surface area contributed by atoms with Crippen LogP contribution in [0.1, 0.15) is 18.4 Å². The van der Waals surface area contributed by atoms with Gasteiger partial charge in [-0.3, -0.25) is 9.78 Å². The van der Waals surface area contributed by atoms with Crippen LogP contribution < -0.4 is 10.2 Å². The number of alkyl halides is 6. The Kier molecular flexibility index (Phi) is 6.87. The Hall–Kier alpha value is -2.56. The van der Waals surface area contributed by atoms with E-state index in [2.05, 4.69) is 10.3 Å². The molecule has 0 saturated carbocycles. The first kappa shape index (κ1) is 24.1. The normalized spacial score (nSPS) is 20.1. The topological polar surface area (TPSA) is 48.5 Å². The number of benzene rings is 1. The van der Waals surface area contributed by atoms with Crippen molar-refractivity contribution < 1.29 is 31.1 Å². The average Bonchev–Trinajstić information content (AvgIpc) is 2.69. The molecule has 1 aromatic carbocycles. The highest BCUT2D eigenvalue weighted by molar-refractivity contribution is 5.94. The lowest BCUT2D eigenvalue weighted by Crippen LogP contribution is -2.54. The molecule has 1 N–H and O–H groups in total. The number of piperidine rings is 1. The molecule has 0 radical (unpaired) electrons. The minimum atomic E-state index is -4.65. The first-order valence-electron chi connectivity index (χ1n) is 10.1. The van der Waals surface area contributed by atoms with Gasteiger partial charge in [0, 0.05) is 49.4 Å². The fourth-order valence-corrected chi connectivity index (χ4v) is 3.92. The molecular formula is C21H24F6N4O. The van der Waals surface area contributed by atoms with E-state index in [0.29, 0.717) is 6.54 Å². The van der Waals surface area contributed by atoms with Crippen LogP contribution in [-0.2, 0) is 11.0 Å². The number of nitrogens with zero attached hydrogens (tertiary/aromatic N) is 3. The molecule has 2 atom stereocenters. The van der Waals surface area contributed by atoms with Gasteiger partial charge in [-0.2, -0.15) is 26.3 Å². The van der Waals surface area contributed by atoms with E-state index in [4.69, 9.17) is 0 Å². The number of fused-ring (bicyclic) bond motifs is 1. The third-order valence-electron chi connectivity index (χ3n) is 5.46. The van der Waals surface area contributed by atoms with Gasteiger partial charge in [-0.25, -0.2) is 0 Å². The first-order chi connectivity index (χ1) is 14.9. The van der Waals surface area contributed by atoms with Crippen LogP contribution in [-0.4, -0.2) is 61.7 Å². The van der Waals surface area contributed by atoms with Crippen molar-refractivity contribution in [2.75, 3.05) is 38.6 Å².